The first kappa shape index (κ1) is 9.51. The molecule has 0 unspecified atom stereocenters. The molecule has 1 aromatic heterocycles. The van der Waals surface area contributed by atoms with Gasteiger partial charge in [0, 0.05) is 6.20 Å². The molecule has 0 aliphatic rings. The molecule has 4 heteroatoms. The van der Waals surface area contributed by atoms with Crippen molar-refractivity contribution in [2.75, 3.05) is 12.3 Å². The summed E-state index contributed by atoms with van der Waals surface area (Å²) in [4.78, 5) is 15.0. The molecule has 4 nitrogen and oxygen atoms in total. The summed E-state index contributed by atoms with van der Waals surface area (Å²) in [5.74, 6) is -0.298. The number of nitrogens with zero attached hydrogens (tertiary/aromatic N) is 1. The number of esters is 1. The number of rotatable bonds is 3. The molecule has 13 heavy (non-hydrogen) atoms. The minimum atomic E-state index is -0.298. The smallest absolute Gasteiger partial charge is 0.311 e. The van der Waals surface area contributed by atoms with Crippen LogP contribution in [0.5, 0.6) is 0 Å². The molecule has 0 aromatic carbocycles. The lowest BCUT2D eigenvalue weighted by Gasteiger charge is -2.03. The molecule has 0 spiro atoms. The highest BCUT2D eigenvalue weighted by Crippen LogP contribution is 2.07. The number of carbonyl (C=O) groups is 1. The molecule has 0 aliphatic heterocycles. The maximum Gasteiger partial charge on any atom is 0.311 e. The number of hydrogen-bond donors (Lipinski definition) is 1. The predicted octanol–water partition coefficient (Wildman–Crippen LogP) is 0.769. The van der Waals surface area contributed by atoms with E-state index >= 15 is 0 Å². The van der Waals surface area contributed by atoms with E-state index in [1.807, 2.05) is 0 Å². The van der Waals surface area contributed by atoms with Gasteiger partial charge in [0.1, 0.15) is 0 Å². The van der Waals surface area contributed by atoms with Crippen LogP contribution in [0.2, 0.25) is 0 Å². The lowest BCUT2D eigenvalue weighted by Crippen LogP contribution is -2.10. The van der Waals surface area contributed by atoms with Gasteiger partial charge in [-0.1, -0.05) is 0 Å². The Kier molecular flexibility index (Phi) is 3.25. The number of ether oxygens (including phenoxy) is 1. The minimum Gasteiger partial charge on any atom is -0.466 e. The molecule has 1 aromatic rings. The van der Waals surface area contributed by atoms with Gasteiger partial charge < -0.3 is 10.5 Å². The Balaban J connectivity index is 2.63. The van der Waals surface area contributed by atoms with Gasteiger partial charge in [0.05, 0.1) is 24.4 Å². The Bertz CT molecular complexity index is 299. The molecule has 0 fully saturated rings. The topological polar surface area (TPSA) is 65.2 Å². The SMILES string of the molecule is CCOC(=O)Cc1ncccc1N. The van der Waals surface area contributed by atoms with Crippen LogP contribution < -0.4 is 5.73 Å². The summed E-state index contributed by atoms with van der Waals surface area (Å²) in [5, 5.41) is 0. The number of pyridine rings is 1. The third-order valence-electron chi connectivity index (χ3n) is 1.54. The molecular formula is C9H12N2O2. The number of aromatic nitrogens is 1. The fraction of sp³-hybridized carbons (Fsp3) is 0.333. The average Bonchev–Trinajstić information content (AvgIpc) is 2.09. The Morgan fingerprint density at radius 1 is 1.69 bits per heavy atom. The molecule has 70 valence electrons. The molecule has 0 saturated heterocycles. The summed E-state index contributed by atoms with van der Waals surface area (Å²) in [7, 11) is 0. The Labute approximate surface area is 76.7 Å². The van der Waals surface area contributed by atoms with Crippen molar-refractivity contribution < 1.29 is 9.53 Å². The number of nitrogens with two attached hydrogens (primary N) is 1. The van der Waals surface area contributed by atoms with Gasteiger partial charge in [0.2, 0.25) is 0 Å². The van der Waals surface area contributed by atoms with Crippen LogP contribution in [-0.4, -0.2) is 17.6 Å². The van der Waals surface area contributed by atoms with Crippen molar-refractivity contribution in [1.29, 1.82) is 0 Å². The molecular weight excluding hydrogens is 168 g/mol. The van der Waals surface area contributed by atoms with E-state index in [-0.39, 0.29) is 12.4 Å². The first-order valence-electron chi connectivity index (χ1n) is 4.09. The highest BCUT2D eigenvalue weighted by atomic mass is 16.5. The molecule has 0 aliphatic carbocycles. The average molecular weight is 180 g/mol. The lowest BCUT2D eigenvalue weighted by atomic mass is 10.2. The zero-order valence-electron chi connectivity index (χ0n) is 7.49. The summed E-state index contributed by atoms with van der Waals surface area (Å²) in [6.07, 6.45) is 1.74. The molecule has 0 bridgehead atoms. The van der Waals surface area contributed by atoms with E-state index in [0.717, 1.165) is 0 Å². The second kappa shape index (κ2) is 4.45. The Morgan fingerprint density at radius 2 is 2.46 bits per heavy atom. The number of hydrogen-bond acceptors (Lipinski definition) is 4. The van der Waals surface area contributed by atoms with E-state index in [1.54, 1.807) is 25.3 Å². The van der Waals surface area contributed by atoms with E-state index in [0.29, 0.717) is 18.0 Å². The van der Waals surface area contributed by atoms with Crippen molar-refractivity contribution in [3.05, 3.63) is 24.0 Å². The summed E-state index contributed by atoms with van der Waals surface area (Å²) in [6.45, 7) is 2.14. The van der Waals surface area contributed by atoms with Crippen LogP contribution >= 0.6 is 0 Å². The minimum absolute atomic E-state index is 0.139. The van der Waals surface area contributed by atoms with Crippen molar-refractivity contribution in [3.8, 4) is 0 Å². The Hall–Kier alpha value is -1.58. The Morgan fingerprint density at radius 3 is 3.08 bits per heavy atom. The zero-order chi connectivity index (χ0) is 9.68. The highest BCUT2D eigenvalue weighted by molar-refractivity contribution is 5.73. The quantitative estimate of drug-likeness (QED) is 0.698. The van der Waals surface area contributed by atoms with Crippen LogP contribution in [0.3, 0.4) is 0 Å². The summed E-state index contributed by atoms with van der Waals surface area (Å²) in [5.41, 5.74) is 6.69. The van der Waals surface area contributed by atoms with Crippen LogP contribution in [-0.2, 0) is 16.0 Å². The molecule has 0 saturated carbocycles. The van der Waals surface area contributed by atoms with Gasteiger partial charge in [-0.25, -0.2) is 0 Å². The van der Waals surface area contributed by atoms with E-state index in [2.05, 4.69) is 4.98 Å². The van der Waals surface area contributed by atoms with Crippen molar-refractivity contribution in [3.63, 3.8) is 0 Å². The normalized spacial score (nSPS) is 9.62. The van der Waals surface area contributed by atoms with E-state index in [9.17, 15) is 4.79 Å². The van der Waals surface area contributed by atoms with Gasteiger partial charge in [-0.05, 0) is 19.1 Å². The summed E-state index contributed by atoms with van der Waals surface area (Å²) >= 11 is 0. The second-order valence-electron chi connectivity index (χ2n) is 2.52. The first-order valence-corrected chi connectivity index (χ1v) is 4.09. The van der Waals surface area contributed by atoms with Crippen molar-refractivity contribution in [1.82, 2.24) is 4.98 Å². The highest BCUT2D eigenvalue weighted by Gasteiger charge is 2.07. The monoisotopic (exact) mass is 180 g/mol. The predicted molar refractivity (Wildman–Crippen MR) is 49.0 cm³/mol. The van der Waals surface area contributed by atoms with Gasteiger partial charge in [0.25, 0.3) is 0 Å². The van der Waals surface area contributed by atoms with Crippen molar-refractivity contribution in [2.24, 2.45) is 0 Å². The van der Waals surface area contributed by atoms with Gasteiger partial charge in [0.15, 0.2) is 0 Å². The van der Waals surface area contributed by atoms with Gasteiger partial charge in [-0.3, -0.25) is 9.78 Å². The fourth-order valence-corrected chi connectivity index (χ4v) is 0.947. The largest absolute Gasteiger partial charge is 0.466 e. The standard InChI is InChI=1S/C9H12N2O2/c1-2-13-9(12)6-8-7(10)4-3-5-11-8/h3-5H,2,6,10H2,1H3. The van der Waals surface area contributed by atoms with E-state index in [1.165, 1.54) is 0 Å². The van der Waals surface area contributed by atoms with Crippen LogP contribution in [0.1, 0.15) is 12.6 Å². The van der Waals surface area contributed by atoms with Crippen LogP contribution in [0.15, 0.2) is 18.3 Å². The number of carbonyl (C=O) groups excluding carboxylic acids is 1. The maximum absolute atomic E-state index is 11.0. The fourth-order valence-electron chi connectivity index (χ4n) is 0.947. The molecule has 0 amide bonds. The van der Waals surface area contributed by atoms with Crippen LogP contribution in [0.4, 0.5) is 5.69 Å². The number of nitrogen functional groups attached to an aromatic ring is 1. The second-order valence-corrected chi connectivity index (χ2v) is 2.52. The van der Waals surface area contributed by atoms with Crippen molar-refractivity contribution in [2.45, 2.75) is 13.3 Å². The molecule has 0 atom stereocenters. The van der Waals surface area contributed by atoms with Gasteiger partial charge in [-0.2, -0.15) is 0 Å². The first-order chi connectivity index (χ1) is 6.24. The van der Waals surface area contributed by atoms with E-state index < -0.39 is 0 Å². The van der Waals surface area contributed by atoms with Gasteiger partial charge in [-0.15, -0.1) is 0 Å². The van der Waals surface area contributed by atoms with Crippen molar-refractivity contribution >= 4 is 11.7 Å². The molecule has 0 radical (unpaired) electrons. The van der Waals surface area contributed by atoms with Crippen LogP contribution in [0, 0.1) is 0 Å². The summed E-state index contributed by atoms with van der Waals surface area (Å²) < 4.78 is 4.77. The molecule has 2 N–H and O–H groups in total. The molecule has 1 rings (SSSR count). The lowest BCUT2D eigenvalue weighted by molar-refractivity contribution is -0.142. The van der Waals surface area contributed by atoms with E-state index in [4.69, 9.17) is 10.5 Å². The number of anilines is 1. The maximum atomic E-state index is 11.0. The zero-order valence-corrected chi connectivity index (χ0v) is 7.49. The third-order valence-corrected chi connectivity index (χ3v) is 1.54. The summed E-state index contributed by atoms with van der Waals surface area (Å²) in [6, 6.07) is 3.44. The third kappa shape index (κ3) is 2.74. The van der Waals surface area contributed by atoms with Crippen LogP contribution in [0.25, 0.3) is 0 Å². The molecule has 1 heterocycles. The van der Waals surface area contributed by atoms with Gasteiger partial charge >= 0.3 is 5.97 Å².